The van der Waals surface area contributed by atoms with E-state index in [9.17, 15) is 23.2 Å². The van der Waals surface area contributed by atoms with Crippen molar-refractivity contribution in [3.63, 3.8) is 0 Å². The van der Waals surface area contributed by atoms with Crippen molar-refractivity contribution >= 4 is 22.6 Å². The van der Waals surface area contributed by atoms with E-state index in [1.165, 1.54) is 18.2 Å². The molecule has 160 valence electrons. The molecule has 7 nitrogen and oxygen atoms in total. The van der Waals surface area contributed by atoms with Crippen LogP contribution in [0.1, 0.15) is 46.1 Å². The number of amides is 1. The number of carbonyl (C=O) groups is 1. The van der Waals surface area contributed by atoms with Crippen LogP contribution in [0.15, 0.2) is 24.3 Å². The number of aryl methyl sites for hydroxylation is 2. The zero-order chi connectivity index (χ0) is 22.3. The molecule has 1 saturated carbocycles. The molecule has 0 saturated heterocycles. The summed E-state index contributed by atoms with van der Waals surface area (Å²) in [4.78, 5) is 17.7. The fraction of sp³-hybridized carbons (Fsp3) is 0.333. The molecular formula is C21H18F3N5O2. The first-order valence-corrected chi connectivity index (χ1v) is 9.55. The summed E-state index contributed by atoms with van der Waals surface area (Å²) in [5.74, 6) is -0.303. The highest BCUT2D eigenvalue weighted by Gasteiger charge is 2.30. The predicted octanol–water partition coefficient (Wildman–Crippen LogP) is 4.22. The lowest BCUT2D eigenvalue weighted by Gasteiger charge is -2.12. The van der Waals surface area contributed by atoms with E-state index in [1.807, 2.05) is 0 Å². The van der Waals surface area contributed by atoms with Gasteiger partial charge in [-0.25, -0.2) is 4.98 Å². The van der Waals surface area contributed by atoms with Gasteiger partial charge in [-0.15, -0.1) is 0 Å². The summed E-state index contributed by atoms with van der Waals surface area (Å²) in [7, 11) is 1.76. The van der Waals surface area contributed by atoms with Crippen molar-refractivity contribution in [1.29, 1.82) is 5.26 Å². The molecule has 4 rings (SSSR count). The number of nitrogens with zero attached hydrogens (tertiary/aromatic N) is 4. The minimum absolute atomic E-state index is 0.113. The highest BCUT2D eigenvalue weighted by atomic mass is 19.4. The molecule has 1 amide bonds. The largest absolute Gasteiger partial charge is 0.483 e. The molecular weight excluding hydrogens is 411 g/mol. The molecule has 0 unspecified atom stereocenters. The maximum absolute atomic E-state index is 13.1. The topological polar surface area (TPSA) is 92.8 Å². The average molecular weight is 429 g/mol. The molecule has 31 heavy (non-hydrogen) atoms. The van der Waals surface area contributed by atoms with Crippen LogP contribution in [0.2, 0.25) is 0 Å². The summed E-state index contributed by atoms with van der Waals surface area (Å²) in [6, 6.07) is 7.45. The minimum atomic E-state index is -4.52. The first-order valence-electron chi connectivity index (χ1n) is 9.55. The zero-order valence-electron chi connectivity index (χ0n) is 16.7. The molecule has 1 aliphatic carbocycles. The monoisotopic (exact) mass is 429 g/mol. The first kappa shape index (κ1) is 20.7. The number of aromatic nitrogens is 3. The van der Waals surface area contributed by atoms with Crippen molar-refractivity contribution in [2.45, 2.75) is 31.9 Å². The summed E-state index contributed by atoms with van der Waals surface area (Å²) in [5, 5.41) is 17.0. The van der Waals surface area contributed by atoms with Gasteiger partial charge in [-0.05, 0) is 44.0 Å². The van der Waals surface area contributed by atoms with Crippen molar-refractivity contribution < 1.29 is 22.7 Å². The average Bonchev–Trinajstić information content (AvgIpc) is 3.52. The summed E-state index contributed by atoms with van der Waals surface area (Å²) in [6.07, 6.45) is -2.49. The first-order chi connectivity index (χ1) is 14.7. The van der Waals surface area contributed by atoms with E-state index < -0.39 is 18.7 Å². The van der Waals surface area contributed by atoms with Crippen molar-refractivity contribution in [2.75, 3.05) is 11.9 Å². The number of pyridine rings is 1. The fourth-order valence-corrected chi connectivity index (χ4v) is 3.41. The molecule has 0 bridgehead atoms. The number of anilines is 1. The summed E-state index contributed by atoms with van der Waals surface area (Å²) in [5.41, 5.74) is 2.66. The zero-order valence-corrected chi connectivity index (χ0v) is 16.7. The summed E-state index contributed by atoms with van der Waals surface area (Å²) >= 11 is 0. The lowest BCUT2D eigenvalue weighted by molar-refractivity contribution is -0.153. The predicted molar refractivity (Wildman–Crippen MR) is 106 cm³/mol. The normalized spacial score (nSPS) is 13.8. The third-order valence-electron chi connectivity index (χ3n) is 4.98. The third-order valence-corrected chi connectivity index (χ3v) is 4.98. The number of halogens is 3. The Labute approximate surface area is 175 Å². The number of fused-ring (bicyclic) bond motifs is 1. The number of nitrogens with one attached hydrogen (secondary N) is 1. The lowest BCUT2D eigenvalue weighted by atomic mass is 10.1. The van der Waals surface area contributed by atoms with Gasteiger partial charge in [0, 0.05) is 24.3 Å². The second kappa shape index (κ2) is 7.58. The van der Waals surface area contributed by atoms with Crippen molar-refractivity contribution in [1.82, 2.24) is 14.8 Å². The Hall–Kier alpha value is -3.61. The van der Waals surface area contributed by atoms with E-state index in [0.717, 1.165) is 18.5 Å². The number of hydrogen-bond acceptors (Lipinski definition) is 5. The number of hydrogen-bond donors (Lipinski definition) is 1. The molecule has 0 radical (unpaired) electrons. The van der Waals surface area contributed by atoms with E-state index in [0.29, 0.717) is 28.2 Å². The standard InChI is InChI=1S/C21H18F3N5O2/c1-11-18-15(8-16(12-3-4-12)27-19(18)29(2)28-11)20(30)26-14-5-6-17(13(7-14)9-25)31-10-21(22,23)24/h5-8,12H,3-4,10H2,1-2H3,(H,26,30). The van der Waals surface area contributed by atoms with Gasteiger partial charge in [-0.2, -0.15) is 23.5 Å². The Morgan fingerprint density at radius 2 is 2.10 bits per heavy atom. The Morgan fingerprint density at radius 1 is 1.35 bits per heavy atom. The number of carbonyl (C=O) groups excluding carboxylic acids is 1. The number of rotatable bonds is 5. The van der Waals surface area contributed by atoms with Crippen LogP contribution in [0.4, 0.5) is 18.9 Å². The molecule has 1 aromatic carbocycles. The fourth-order valence-electron chi connectivity index (χ4n) is 3.41. The van der Waals surface area contributed by atoms with Gasteiger partial charge in [0.1, 0.15) is 11.8 Å². The van der Waals surface area contributed by atoms with Gasteiger partial charge in [-0.1, -0.05) is 0 Å². The van der Waals surface area contributed by atoms with Crippen molar-refractivity contribution in [3.05, 3.63) is 46.8 Å². The molecule has 0 aliphatic heterocycles. The molecule has 1 fully saturated rings. The third kappa shape index (κ3) is 4.30. The minimum Gasteiger partial charge on any atom is -0.483 e. The molecule has 10 heteroatoms. The smallest absolute Gasteiger partial charge is 0.422 e. The highest BCUT2D eigenvalue weighted by Crippen LogP contribution is 2.40. The van der Waals surface area contributed by atoms with Gasteiger partial charge >= 0.3 is 6.18 Å². The second-order valence-electron chi connectivity index (χ2n) is 7.46. The molecule has 2 aromatic heterocycles. The summed E-state index contributed by atoms with van der Waals surface area (Å²) in [6.45, 7) is 0.283. The Kier molecular flexibility index (Phi) is 5.05. The van der Waals surface area contributed by atoms with Gasteiger partial charge in [-0.3, -0.25) is 9.48 Å². The Morgan fingerprint density at radius 3 is 2.74 bits per heavy atom. The second-order valence-corrected chi connectivity index (χ2v) is 7.46. The Bertz CT molecular complexity index is 1220. The Balaban J connectivity index is 1.64. The molecule has 1 aliphatic rings. The van der Waals surface area contributed by atoms with Crippen molar-refractivity contribution in [3.8, 4) is 11.8 Å². The molecule has 3 aromatic rings. The molecule has 2 heterocycles. The molecule has 0 atom stereocenters. The van der Waals surface area contributed by atoms with Gasteiger partial charge in [0.2, 0.25) is 0 Å². The van der Waals surface area contributed by atoms with E-state index in [-0.39, 0.29) is 17.0 Å². The number of ether oxygens (including phenoxy) is 1. The van der Waals surface area contributed by atoms with Crippen LogP contribution in [0.3, 0.4) is 0 Å². The van der Waals surface area contributed by atoms with E-state index >= 15 is 0 Å². The van der Waals surface area contributed by atoms with Crippen LogP contribution >= 0.6 is 0 Å². The van der Waals surface area contributed by atoms with Gasteiger partial charge in [0.25, 0.3) is 5.91 Å². The summed E-state index contributed by atoms with van der Waals surface area (Å²) < 4.78 is 43.5. The molecule has 1 N–H and O–H groups in total. The maximum Gasteiger partial charge on any atom is 0.422 e. The quantitative estimate of drug-likeness (QED) is 0.656. The van der Waals surface area contributed by atoms with Gasteiger partial charge in [0.15, 0.2) is 12.3 Å². The van der Waals surface area contributed by atoms with Gasteiger partial charge < -0.3 is 10.1 Å². The number of nitriles is 1. The van der Waals surface area contributed by atoms with Crippen LogP contribution < -0.4 is 10.1 Å². The van der Waals surface area contributed by atoms with Gasteiger partial charge in [0.05, 0.1) is 22.2 Å². The lowest BCUT2D eigenvalue weighted by Crippen LogP contribution is -2.19. The van der Waals surface area contributed by atoms with Crippen LogP contribution in [0, 0.1) is 18.3 Å². The van der Waals surface area contributed by atoms with Crippen molar-refractivity contribution in [2.24, 2.45) is 7.05 Å². The van der Waals surface area contributed by atoms with E-state index in [2.05, 4.69) is 20.1 Å². The maximum atomic E-state index is 13.1. The van der Waals surface area contributed by atoms with Crippen LogP contribution in [0.25, 0.3) is 11.0 Å². The van der Waals surface area contributed by atoms with E-state index in [4.69, 9.17) is 0 Å². The van der Waals surface area contributed by atoms with Crippen LogP contribution in [0.5, 0.6) is 5.75 Å². The van der Waals surface area contributed by atoms with Crippen LogP contribution in [-0.2, 0) is 7.05 Å². The highest BCUT2D eigenvalue weighted by molar-refractivity contribution is 6.12. The van der Waals surface area contributed by atoms with E-state index in [1.54, 1.807) is 30.8 Å². The number of alkyl halides is 3. The SMILES string of the molecule is Cc1nn(C)c2nc(C3CC3)cc(C(=O)Nc3ccc(OCC(F)(F)F)c(C#N)c3)c12. The van der Waals surface area contributed by atoms with Crippen LogP contribution in [-0.4, -0.2) is 33.5 Å². The number of benzene rings is 1. The molecule has 0 spiro atoms.